The summed E-state index contributed by atoms with van der Waals surface area (Å²) in [6, 6.07) is 11.2. The van der Waals surface area contributed by atoms with Gasteiger partial charge in [0.2, 0.25) is 0 Å². The lowest BCUT2D eigenvalue weighted by atomic mass is 10.1. The maximum Gasteiger partial charge on any atom is 0.263 e. The van der Waals surface area contributed by atoms with Crippen molar-refractivity contribution in [3.63, 3.8) is 0 Å². The first-order valence-electron chi connectivity index (χ1n) is 6.09. The van der Waals surface area contributed by atoms with Crippen LogP contribution in [0.4, 0.5) is 5.69 Å². The number of carbonyl (C=O) groups excluding carboxylic acids is 1. The molecular weight excluding hydrogens is 338 g/mol. The third-order valence-electron chi connectivity index (χ3n) is 3.41. The van der Waals surface area contributed by atoms with E-state index in [4.69, 9.17) is 11.6 Å². The molecule has 0 N–H and O–H groups in total. The molecular formula is C16H11BrClNO. The smallest absolute Gasteiger partial charge is 0.263 e. The van der Waals surface area contributed by atoms with E-state index in [0.29, 0.717) is 22.0 Å². The molecule has 0 aromatic heterocycles. The monoisotopic (exact) mass is 347 g/mol. The zero-order valence-electron chi connectivity index (χ0n) is 10.8. The summed E-state index contributed by atoms with van der Waals surface area (Å²) < 4.78 is 0.821. The summed E-state index contributed by atoms with van der Waals surface area (Å²) >= 11 is 9.68. The van der Waals surface area contributed by atoms with Crippen LogP contribution in [0.25, 0.3) is 5.70 Å². The third kappa shape index (κ3) is 1.89. The molecule has 1 heterocycles. The van der Waals surface area contributed by atoms with Crippen molar-refractivity contribution in [2.24, 2.45) is 0 Å². The van der Waals surface area contributed by atoms with Gasteiger partial charge < -0.3 is 0 Å². The molecule has 0 saturated heterocycles. The lowest BCUT2D eigenvalue weighted by Gasteiger charge is -2.20. The Balaban J connectivity index is 2.17. The maximum absolute atomic E-state index is 12.6. The van der Waals surface area contributed by atoms with Gasteiger partial charge in [0.25, 0.3) is 5.91 Å². The molecule has 0 unspecified atom stereocenters. The summed E-state index contributed by atoms with van der Waals surface area (Å²) in [5, 5.41) is 0.625. The van der Waals surface area contributed by atoms with Gasteiger partial charge in [-0.3, -0.25) is 9.69 Å². The predicted octanol–water partition coefficient (Wildman–Crippen LogP) is 5.04. The second-order valence-electron chi connectivity index (χ2n) is 4.69. The van der Waals surface area contributed by atoms with E-state index < -0.39 is 0 Å². The molecule has 0 radical (unpaired) electrons. The van der Waals surface area contributed by atoms with Crippen molar-refractivity contribution >= 4 is 44.8 Å². The molecule has 0 bridgehead atoms. The summed E-state index contributed by atoms with van der Waals surface area (Å²) in [5.41, 5.74) is 3.87. The van der Waals surface area contributed by atoms with E-state index in [1.165, 1.54) is 0 Å². The number of benzene rings is 2. The molecule has 1 aliphatic heterocycles. The molecule has 0 saturated carbocycles. The standard InChI is InChI=1S/C16H11BrClNO/c1-9-7-13(17)15(8-14(9)18)19-10(2)11-5-3-4-6-12(11)16(19)20/h3-8H,2H2,1H3. The number of rotatable bonds is 1. The van der Waals surface area contributed by atoms with Crippen LogP contribution >= 0.6 is 27.5 Å². The number of anilines is 1. The Bertz CT molecular complexity index is 719. The summed E-state index contributed by atoms with van der Waals surface area (Å²) in [6.07, 6.45) is 0. The second-order valence-corrected chi connectivity index (χ2v) is 5.95. The molecule has 2 aromatic rings. The number of nitrogens with zero attached hydrogens (tertiary/aromatic N) is 1. The third-order valence-corrected chi connectivity index (χ3v) is 4.45. The summed E-state index contributed by atoms with van der Waals surface area (Å²) in [5.74, 6) is -0.0776. The van der Waals surface area contributed by atoms with Crippen LogP contribution in [0, 0.1) is 6.92 Å². The van der Waals surface area contributed by atoms with E-state index in [1.807, 2.05) is 37.3 Å². The van der Waals surface area contributed by atoms with Gasteiger partial charge in [-0.2, -0.15) is 0 Å². The fraction of sp³-hybridized carbons (Fsp3) is 0.0625. The summed E-state index contributed by atoms with van der Waals surface area (Å²) in [6.45, 7) is 5.96. The van der Waals surface area contributed by atoms with Crippen LogP contribution in [-0.2, 0) is 0 Å². The first-order chi connectivity index (χ1) is 9.50. The van der Waals surface area contributed by atoms with Crippen molar-refractivity contribution in [1.29, 1.82) is 0 Å². The first-order valence-corrected chi connectivity index (χ1v) is 7.26. The van der Waals surface area contributed by atoms with Crippen molar-refractivity contribution in [2.45, 2.75) is 6.92 Å². The van der Waals surface area contributed by atoms with Gasteiger partial charge in [0.1, 0.15) is 0 Å². The van der Waals surface area contributed by atoms with Gasteiger partial charge in [0, 0.05) is 20.6 Å². The average Bonchev–Trinajstić information content (AvgIpc) is 2.68. The van der Waals surface area contributed by atoms with Gasteiger partial charge in [-0.1, -0.05) is 36.4 Å². The molecule has 2 aromatic carbocycles. The molecule has 0 fully saturated rings. The van der Waals surface area contributed by atoms with E-state index >= 15 is 0 Å². The fourth-order valence-electron chi connectivity index (χ4n) is 2.35. The fourth-order valence-corrected chi connectivity index (χ4v) is 3.14. The minimum Gasteiger partial charge on any atom is -0.276 e. The second kappa shape index (κ2) is 4.76. The van der Waals surface area contributed by atoms with Gasteiger partial charge >= 0.3 is 0 Å². The lowest BCUT2D eigenvalue weighted by molar-refractivity contribution is 0.101. The molecule has 2 nitrogen and oxygen atoms in total. The van der Waals surface area contributed by atoms with Gasteiger partial charge in [-0.15, -0.1) is 0 Å². The van der Waals surface area contributed by atoms with Crippen LogP contribution in [0.1, 0.15) is 21.5 Å². The van der Waals surface area contributed by atoms with Crippen LogP contribution < -0.4 is 4.90 Å². The Morgan fingerprint density at radius 2 is 1.85 bits per heavy atom. The van der Waals surface area contributed by atoms with Crippen LogP contribution in [0.2, 0.25) is 5.02 Å². The highest BCUT2D eigenvalue weighted by atomic mass is 79.9. The molecule has 3 rings (SSSR count). The van der Waals surface area contributed by atoms with Gasteiger partial charge in [0.05, 0.1) is 11.4 Å². The van der Waals surface area contributed by atoms with Crippen LogP contribution in [0.3, 0.4) is 0 Å². The molecule has 1 aliphatic rings. The minimum atomic E-state index is -0.0776. The average molecular weight is 349 g/mol. The van der Waals surface area contributed by atoms with E-state index in [2.05, 4.69) is 22.5 Å². The Kier molecular flexibility index (Phi) is 3.19. The van der Waals surface area contributed by atoms with Gasteiger partial charge in [-0.25, -0.2) is 0 Å². The quantitative estimate of drug-likeness (QED) is 0.707. The SMILES string of the molecule is C=C1c2ccccc2C(=O)N1c1cc(Cl)c(C)cc1Br. The molecule has 0 spiro atoms. The number of hydrogen-bond acceptors (Lipinski definition) is 1. The number of amides is 1. The summed E-state index contributed by atoms with van der Waals surface area (Å²) in [4.78, 5) is 14.2. The zero-order valence-corrected chi connectivity index (χ0v) is 13.1. The largest absolute Gasteiger partial charge is 0.276 e. The molecule has 0 atom stereocenters. The summed E-state index contributed by atoms with van der Waals surface area (Å²) in [7, 11) is 0. The Labute approximate surface area is 130 Å². The van der Waals surface area contributed by atoms with Crippen molar-refractivity contribution in [2.75, 3.05) is 4.90 Å². The Hall–Kier alpha value is -1.58. The van der Waals surface area contributed by atoms with Crippen LogP contribution in [-0.4, -0.2) is 5.91 Å². The number of halogens is 2. The predicted molar refractivity (Wildman–Crippen MR) is 86.2 cm³/mol. The highest BCUT2D eigenvalue weighted by Crippen LogP contribution is 2.40. The Morgan fingerprint density at radius 1 is 1.20 bits per heavy atom. The zero-order chi connectivity index (χ0) is 14.4. The number of aryl methyl sites for hydroxylation is 1. The van der Waals surface area contributed by atoms with Crippen LogP contribution in [0.5, 0.6) is 0 Å². The normalized spacial score (nSPS) is 13.8. The Morgan fingerprint density at radius 3 is 2.50 bits per heavy atom. The molecule has 100 valence electrons. The van der Waals surface area contributed by atoms with E-state index in [0.717, 1.165) is 15.6 Å². The van der Waals surface area contributed by atoms with E-state index in [1.54, 1.807) is 11.0 Å². The van der Waals surface area contributed by atoms with Crippen molar-refractivity contribution < 1.29 is 4.79 Å². The van der Waals surface area contributed by atoms with Crippen LogP contribution in [0.15, 0.2) is 47.4 Å². The van der Waals surface area contributed by atoms with Gasteiger partial charge in [0.15, 0.2) is 0 Å². The highest BCUT2D eigenvalue weighted by molar-refractivity contribution is 9.10. The first kappa shape index (κ1) is 13.4. The topological polar surface area (TPSA) is 20.3 Å². The molecule has 1 amide bonds. The number of carbonyl (C=O) groups is 1. The maximum atomic E-state index is 12.6. The van der Waals surface area contributed by atoms with E-state index in [9.17, 15) is 4.79 Å². The van der Waals surface area contributed by atoms with E-state index in [-0.39, 0.29) is 5.91 Å². The molecule has 20 heavy (non-hydrogen) atoms. The number of fused-ring (bicyclic) bond motifs is 1. The lowest BCUT2D eigenvalue weighted by Crippen LogP contribution is -2.22. The molecule has 4 heteroatoms. The number of hydrogen-bond donors (Lipinski definition) is 0. The van der Waals surface area contributed by atoms with Crippen molar-refractivity contribution in [1.82, 2.24) is 0 Å². The van der Waals surface area contributed by atoms with Crippen molar-refractivity contribution in [3.05, 3.63) is 69.2 Å². The van der Waals surface area contributed by atoms with Crippen molar-refractivity contribution in [3.8, 4) is 0 Å². The highest BCUT2D eigenvalue weighted by Gasteiger charge is 2.33. The molecule has 0 aliphatic carbocycles. The minimum absolute atomic E-state index is 0.0776. The van der Waals surface area contributed by atoms with Gasteiger partial charge in [-0.05, 0) is 46.6 Å².